The summed E-state index contributed by atoms with van der Waals surface area (Å²) in [5.41, 5.74) is 0. The highest BCUT2D eigenvalue weighted by Gasteiger charge is 2.20. The van der Waals surface area contributed by atoms with Gasteiger partial charge in [-0.15, -0.1) is 0 Å². The average molecular weight is 367 g/mol. The minimum absolute atomic E-state index is 0.149. The highest BCUT2D eigenvalue weighted by molar-refractivity contribution is 8.08. The molecule has 0 aliphatic carbocycles. The van der Waals surface area contributed by atoms with Crippen molar-refractivity contribution >= 4 is 85.8 Å². The molecule has 0 spiro atoms. The number of rotatable bonds is 11. The third-order valence-corrected chi connectivity index (χ3v) is 8.33. The maximum absolute atomic E-state index is 4.47. The first-order chi connectivity index (χ1) is 8.15. The van der Waals surface area contributed by atoms with Gasteiger partial charge in [0.05, 0.1) is 4.58 Å². The highest BCUT2D eigenvalue weighted by Crippen LogP contribution is 2.30. The van der Waals surface area contributed by atoms with Crippen molar-refractivity contribution in [3.8, 4) is 0 Å². The Hall–Kier alpha value is 2.45. The molecule has 0 N–H and O–H groups in total. The van der Waals surface area contributed by atoms with Crippen LogP contribution in [0.25, 0.3) is 0 Å². The fraction of sp³-hybridized carbons (Fsp3) is 1.00. The zero-order valence-corrected chi connectivity index (χ0v) is 16.0. The van der Waals surface area contributed by atoms with Gasteiger partial charge in [0, 0.05) is 33.5 Å². The Bertz CT molecular complexity index is 165. The van der Waals surface area contributed by atoms with E-state index in [1.54, 1.807) is 0 Å². The largest absolute Gasteiger partial charge is 0.179 e. The fourth-order valence-corrected chi connectivity index (χ4v) is 6.22. The Balaban J connectivity index is 3.99. The van der Waals surface area contributed by atoms with Gasteiger partial charge in [0.1, 0.15) is 0 Å². The van der Waals surface area contributed by atoms with Crippen LogP contribution >= 0.6 is 85.8 Å². The number of hydrogen-bond acceptors (Lipinski definition) is 7. The molecule has 0 aromatic carbocycles. The summed E-state index contributed by atoms with van der Waals surface area (Å²) in [7, 11) is 0. The third-order valence-electron chi connectivity index (χ3n) is 1.93. The highest BCUT2D eigenvalue weighted by atomic mass is 32.2. The van der Waals surface area contributed by atoms with Crippen molar-refractivity contribution in [2.45, 2.75) is 22.0 Å². The van der Waals surface area contributed by atoms with Gasteiger partial charge >= 0.3 is 0 Å². The normalized spacial score (nSPS) is 15.2. The molecule has 0 aromatic heterocycles. The maximum atomic E-state index is 4.47. The standard InChI is InChI=1S/C10H22S7/c1-2-15-7-9(10(13)14)17-8(5-12)6-16-4-3-11/h8-14H,2-7H2,1H3. The monoisotopic (exact) mass is 366 g/mol. The lowest BCUT2D eigenvalue weighted by Gasteiger charge is -2.23. The summed E-state index contributed by atoms with van der Waals surface area (Å²) in [6.45, 7) is 2.19. The minimum Gasteiger partial charge on any atom is -0.179 e. The van der Waals surface area contributed by atoms with Gasteiger partial charge in [-0.1, -0.05) is 6.92 Å². The molecule has 0 saturated heterocycles. The van der Waals surface area contributed by atoms with E-state index < -0.39 is 0 Å². The second kappa shape index (κ2) is 13.4. The van der Waals surface area contributed by atoms with E-state index in [9.17, 15) is 0 Å². The van der Waals surface area contributed by atoms with E-state index in [0.717, 1.165) is 34.5 Å². The molecule has 7 heteroatoms. The van der Waals surface area contributed by atoms with Gasteiger partial charge in [0.25, 0.3) is 0 Å². The molecule has 2 atom stereocenters. The molecule has 0 saturated carbocycles. The first-order valence-electron chi connectivity index (χ1n) is 5.54. The Labute approximate surface area is 141 Å². The van der Waals surface area contributed by atoms with Crippen molar-refractivity contribution < 1.29 is 0 Å². The zero-order valence-electron chi connectivity index (χ0n) is 9.99. The number of thiol groups is 4. The second-order valence-electron chi connectivity index (χ2n) is 3.35. The summed E-state index contributed by atoms with van der Waals surface area (Å²) in [4.78, 5) is 0. The summed E-state index contributed by atoms with van der Waals surface area (Å²) < 4.78 is 0.149. The van der Waals surface area contributed by atoms with Gasteiger partial charge in [0.2, 0.25) is 0 Å². The molecule has 0 nitrogen and oxygen atoms in total. The van der Waals surface area contributed by atoms with Crippen LogP contribution in [-0.2, 0) is 0 Å². The van der Waals surface area contributed by atoms with Gasteiger partial charge in [0.15, 0.2) is 0 Å². The van der Waals surface area contributed by atoms with Crippen LogP contribution in [0.1, 0.15) is 6.92 Å². The maximum Gasteiger partial charge on any atom is 0.0568 e. The second-order valence-corrected chi connectivity index (χ2v) is 9.70. The van der Waals surface area contributed by atoms with Crippen LogP contribution in [-0.4, -0.2) is 49.6 Å². The van der Waals surface area contributed by atoms with Gasteiger partial charge in [-0.3, -0.25) is 0 Å². The topological polar surface area (TPSA) is 0 Å². The molecular formula is C10H22S7. The van der Waals surface area contributed by atoms with Gasteiger partial charge in [-0.25, -0.2) is 0 Å². The van der Waals surface area contributed by atoms with E-state index >= 15 is 0 Å². The van der Waals surface area contributed by atoms with Crippen LogP contribution in [0.15, 0.2) is 0 Å². The SMILES string of the molecule is CCSCC(SC(CS)CSCCS)C(S)S. The number of hydrogen-bond donors (Lipinski definition) is 4. The summed E-state index contributed by atoms with van der Waals surface area (Å²) in [6, 6.07) is 0. The quantitative estimate of drug-likeness (QED) is 0.248. The molecule has 17 heavy (non-hydrogen) atoms. The molecule has 0 rings (SSSR count). The fourth-order valence-electron chi connectivity index (χ4n) is 1.09. The Kier molecular flexibility index (Phi) is 15.4. The smallest absolute Gasteiger partial charge is 0.0568 e. The molecule has 2 unspecified atom stereocenters. The lowest BCUT2D eigenvalue weighted by molar-refractivity contribution is 1.06. The van der Waals surface area contributed by atoms with E-state index in [2.05, 4.69) is 57.4 Å². The molecule has 0 aliphatic heterocycles. The van der Waals surface area contributed by atoms with Crippen LogP contribution in [0, 0.1) is 0 Å². The molecular weight excluding hydrogens is 345 g/mol. The third kappa shape index (κ3) is 10.9. The van der Waals surface area contributed by atoms with Crippen LogP contribution in [0.4, 0.5) is 0 Å². The lowest BCUT2D eigenvalue weighted by atomic mass is 10.5. The van der Waals surface area contributed by atoms with Crippen molar-refractivity contribution in [1.29, 1.82) is 0 Å². The molecule has 0 heterocycles. The molecule has 0 bridgehead atoms. The molecule has 104 valence electrons. The van der Waals surface area contributed by atoms with Crippen LogP contribution in [0.2, 0.25) is 0 Å². The molecule has 0 amide bonds. The Morgan fingerprint density at radius 1 is 1.06 bits per heavy atom. The van der Waals surface area contributed by atoms with Gasteiger partial charge in [-0.05, 0) is 11.5 Å². The first-order valence-corrected chi connectivity index (χ1v) is 11.1. The van der Waals surface area contributed by atoms with Crippen molar-refractivity contribution in [2.75, 3.05) is 34.5 Å². The van der Waals surface area contributed by atoms with Crippen molar-refractivity contribution in [3.63, 3.8) is 0 Å². The van der Waals surface area contributed by atoms with E-state index in [4.69, 9.17) is 0 Å². The van der Waals surface area contributed by atoms with Gasteiger partial charge < -0.3 is 0 Å². The first kappa shape index (κ1) is 19.4. The van der Waals surface area contributed by atoms with Crippen molar-refractivity contribution in [3.05, 3.63) is 0 Å². The summed E-state index contributed by atoms with van der Waals surface area (Å²) in [6.07, 6.45) is 0. The van der Waals surface area contributed by atoms with Crippen LogP contribution in [0.3, 0.4) is 0 Å². The minimum atomic E-state index is 0.149. The average Bonchev–Trinajstić information content (AvgIpc) is 2.32. The summed E-state index contributed by atoms with van der Waals surface area (Å²) >= 11 is 23.5. The van der Waals surface area contributed by atoms with Crippen molar-refractivity contribution in [2.24, 2.45) is 0 Å². The Morgan fingerprint density at radius 2 is 1.76 bits per heavy atom. The Morgan fingerprint density at radius 3 is 2.24 bits per heavy atom. The van der Waals surface area contributed by atoms with Crippen LogP contribution in [0.5, 0.6) is 0 Å². The van der Waals surface area contributed by atoms with Crippen LogP contribution < -0.4 is 0 Å². The van der Waals surface area contributed by atoms with E-state index in [-0.39, 0.29) is 4.58 Å². The molecule has 0 aromatic rings. The van der Waals surface area contributed by atoms with E-state index in [1.165, 1.54) is 0 Å². The van der Waals surface area contributed by atoms with E-state index in [1.807, 2.05) is 35.3 Å². The summed E-state index contributed by atoms with van der Waals surface area (Å²) in [5, 5.41) is 1.09. The zero-order chi connectivity index (χ0) is 13.1. The van der Waals surface area contributed by atoms with Crippen molar-refractivity contribution in [1.82, 2.24) is 0 Å². The molecule has 0 aliphatic rings. The molecule has 0 fully saturated rings. The lowest BCUT2D eigenvalue weighted by Crippen LogP contribution is -2.22. The predicted octanol–water partition coefficient (Wildman–Crippen LogP) is 3.99. The molecule has 0 radical (unpaired) electrons. The van der Waals surface area contributed by atoms with Gasteiger partial charge in [-0.2, -0.15) is 85.8 Å². The number of thioether (sulfide) groups is 3. The predicted molar refractivity (Wildman–Crippen MR) is 105 cm³/mol. The van der Waals surface area contributed by atoms with E-state index in [0.29, 0.717) is 10.5 Å². The summed E-state index contributed by atoms with van der Waals surface area (Å²) in [5.74, 6) is 6.42.